The summed E-state index contributed by atoms with van der Waals surface area (Å²) >= 11 is 6.09. The summed E-state index contributed by atoms with van der Waals surface area (Å²) in [4.78, 5) is 32.1. The lowest BCUT2D eigenvalue weighted by Gasteiger charge is -2.28. The highest BCUT2D eigenvalue weighted by Crippen LogP contribution is 2.21. The van der Waals surface area contributed by atoms with Gasteiger partial charge in [-0.1, -0.05) is 60.1 Å². The standard InChI is InChI=1S/C30H33ClN4O4/c1-39-18-6-16-33(21-25-7-2-5-10-29(25)35(37)38)22-30(36)34(20-23-11-13-26(31)14-12-23)17-15-24-19-32-28-9-4-3-8-27(24)28/h2-5,7-14,19,32H,6,15-18,20-22H2,1H3. The van der Waals surface area contributed by atoms with E-state index in [1.54, 1.807) is 25.3 Å². The SMILES string of the molecule is COCCCN(CC(=O)N(CCc1c[nH]c2ccccc12)Cc1ccc(Cl)cc1)Cc1ccccc1[N+](=O)[O-]. The molecule has 4 rings (SSSR count). The van der Waals surface area contributed by atoms with E-state index >= 15 is 0 Å². The molecule has 39 heavy (non-hydrogen) atoms. The van der Waals surface area contributed by atoms with Gasteiger partial charge in [-0.05, 0) is 42.2 Å². The summed E-state index contributed by atoms with van der Waals surface area (Å²) in [6.45, 7) is 2.51. The summed E-state index contributed by atoms with van der Waals surface area (Å²) in [5, 5.41) is 13.4. The molecule has 0 atom stereocenters. The van der Waals surface area contributed by atoms with Crippen molar-refractivity contribution < 1.29 is 14.5 Å². The number of carbonyl (C=O) groups excluding carboxylic acids is 1. The van der Waals surface area contributed by atoms with Crippen LogP contribution >= 0.6 is 11.6 Å². The number of nitrogens with zero attached hydrogens (tertiary/aromatic N) is 3. The Kier molecular flexibility index (Phi) is 10.1. The molecule has 1 heterocycles. The lowest BCUT2D eigenvalue weighted by molar-refractivity contribution is -0.385. The van der Waals surface area contributed by atoms with E-state index in [1.165, 1.54) is 6.07 Å². The highest BCUT2D eigenvalue weighted by atomic mass is 35.5. The molecule has 0 saturated heterocycles. The van der Waals surface area contributed by atoms with Crippen LogP contribution in [-0.2, 0) is 29.0 Å². The fraction of sp³-hybridized carbons (Fsp3) is 0.300. The first-order valence-electron chi connectivity index (χ1n) is 13.0. The predicted molar refractivity (Wildman–Crippen MR) is 154 cm³/mol. The van der Waals surface area contributed by atoms with Crippen molar-refractivity contribution in [3.63, 3.8) is 0 Å². The van der Waals surface area contributed by atoms with Crippen LogP contribution < -0.4 is 0 Å². The first-order valence-corrected chi connectivity index (χ1v) is 13.3. The Morgan fingerprint density at radius 2 is 1.72 bits per heavy atom. The first kappa shape index (κ1) is 28.3. The number of carbonyl (C=O) groups is 1. The number of nitro benzene ring substituents is 1. The van der Waals surface area contributed by atoms with Gasteiger partial charge in [0.25, 0.3) is 5.69 Å². The van der Waals surface area contributed by atoms with Crippen molar-refractivity contribution >= 4 is 34.1 Å². The van der Waals surface area contributed by atoms with Crippen LogP contribution in [0, 0.1) is 10.1 Å². The van der Waals surface area contributed by atoms with Crippen molar-refractivity contribution in [1.82, 2.24) is 14.8 Å². The average molecular weight is 549 g/mol. The van der Waals surface area contributed by atoms with Crippen LogP contribution in [0.4, 0.5) is 5.69 Å². The zero-order chi connectivity index (χ0) is 27.6. The molecule has 0 spiro atoms. The van der Waals surface area contributed by atoms with Crippen LogP contribution in [0.5, 0.6) is 0 Å². The molecule has 0 radical (unpaired) electrons. The first-order chi connectivity index (χ1) is 18.9. The number of halogens is 1. The number of ether oxygens (including phenoxy) is 1. The minimum atomic E-state index is -0.376. The largest absolute Gasteiger partial charge is 0.385 e. The Bertz CT molecular complexity index is 1390. The number of aromatic nitrogens is 1. The molecule has 1 aromatic heterocycles. The van der Waals surface area contributed by atoms with Gasteiger partial charge in [-0.15, -0.1) is 0 Å². The molecule has 0 saturated carbocycles. The molecule has 9 heteroatoms. The lowest BCUT2D eigenvalue weighted by Crippen LogP contribution is -2.41. The molecule has 8 nitrogen and oxygen atoms in total. The van der Waals surface area contributed by atoms with Crippen LogP contribution in [0.2, 0.25) is 5.02 Å². The van der Waals surface area contributed by atoms with Gasteiger partial charge in [0.15, 0.2) is 0 Å². The molecule has 3 aromatic carbocycles. The quantitative estimate of drug-likeness (QED) is 0.121. The van der Waals surface area contributed by atoms with E-state index in [-0.39, 0.29) is 23.1 Å². The molecule has 0 aliphatic rings. The number of aromatic amines is 1. The zero-order valence-electron chi connectivity index (χ0n) is 22.0. The maximum Gasteiger partial charge on any atom is 0.273 e. The number of rotatable bonds is 14. The molecule has 0 aliphatic heterocycles. The van der Waals surface area contributed by atoms with Gasteiger partial charge in [0.05, 0.1) is 11.5 Å². The molecule has 4 aromatic rings. The number of hydrogen-bond donors (Lipinski definition) is 1. The van der Waals surface area contributed by atoms with Gasteiger partial charge in [0.2, 0.25) is 5.91 Å². The molecular weight excluding hydrogens is 516 g/mol. The van der Waals surface area contributed by atoms with Crippen LogP contribution in [0.15, 0.2) is 79.0 Å². The minimum Gasteiger partial charge on any atom is -0.385 e. The van der Waals surface area contributed by atoms with E-state index in [4.69, 9.17) is 16.3 Å². The van der Waals surface area contributed by atoms with Crippen LogP contribution in [0.3, 0.4) is 0 Å². The van der Waals surface area contributed by atoms with Crippen molar-refractivity contribution in [2.24, 2.45) is 0 Å². The summed E-state index contributed by atoms with van der Waals surface area (Å²) in [5.74, 6) is -0.0409. The van der Waals surface area contributed by atoms with Gasteiger partial charge in [-0.25, -0.2) is 0 Å². The third-order valence-electron chi connectivity index (χ3n) is 6.73. The van der Waals surface area contributed by atoms with Crippen molar-refractivity contribution in [1.29, 1.82) is 0 Å². The third-order valence-corrected chi connectivity index (χ3v) is 6.98. The van der Waals surface area contributed by atoms with Crippen molar-refractivity contribution in [3.8, 4) is 0 Å². The van der Waals surface area contributed by atoms with Gasteiger partial charge in [0, 0.05) is 73.6 Å². The number of fused-ring (bicyclic) bond motifs is 1. The number of methoxy groups -OCH3 is 1. The number of amides is 1. The summed E-state index contributed by atoms with van der Waals surface area (Å²) in [6, 6.07) is 22.3. The van der Waals surface area contributed by atoms with E-state index in [0.29, 0.717) is 56.2 Å². The molecule has 1 N–H and O–H groups in total. The second-order valence-electron chi connectivity index (χ2n) is 9.49. The Morgan fingerprint density at radius 1 is 0.974 bits per heavy atom. The smallest absolute Gasteiger partial charge is 0.273 e. The number of para-hydroxylation sites is 2. The summed E-state index contributed by atoms with van der Waals surface area (Å²) < 4.78 is 5.22. The molecule has 0 aliphatic carbocycles. The monoisotopic (exact) mass is 548 g/mol. The van der Waals surface area contributed by atoms with E-state index < -0.39 is 0 Å². The fourth-order valence-corrected chi connectivity index (χ4v) is 4.82. The lowest BCUT2D eigenvalue weighted by atomic mass is 10.1. The molecule has 204 valence electrons. The molecule has 0 fully saturated rings. The maximum atomic E-state index is 13.8. The van der Waals surface area contributed by atoms with Crippen molar-refractivity contribution in [2.75, 3.05) is 33.4 Å². The Morgan fingerprint density at radius 3 is 2.49 bits per heavy atom. The van der Waals surface area contributed by atoms with E-state index in [9.17, 15) is 14.9 Å². The number of nitro groups is 1. The molecular formula is C30H33ClN4O4. The van der Waals surface area contributed by atoms with Gasteiger partial charge in [0.1, 0.15) is 0 Å². The van der Waals surface area contributed by atoms with Gasteiger partial charge < -0.3 is 14.6 Å². The van der Waals surface area contributed by atoms with E-state index in [1.807, 2.05) is 58.5 Å². The molecule has 0 unspecified atom stereocenters. The van der Waals surface area contributed by atoms with Gasteiger partial charge in [-0.2, -0.15) is 0 Å². The maximum absolute atomic E-state index is 13.8. The fourth-order valence-electron chi connectivity index (χ4n) is 4.70. The Balaban J connectivity index is 1.53. The normalized spacial score (nSPS) is 11.3. The summed E-state index contributed by atoms with van der Waals surface area (Å²) in [5.41, 5.74) is 3.83. The van der Waals surface area contributed by atoms with Gasteiger partial charge in [-0.3, -0.25) is 19.8 Å². The second kappa shape index (κ2) is 13.9. The van der Waals surface area contributed by atoms with E-state index in [0.717, 1.165) is 22.0 Å². The average Bonchev–Trinajstić information content (AvgIpc) is 3.35. The highest BCUT2D eigenvalue weighted by Gasteiger charge is 2.21. The number of H-pyrrole nitrogens is 1. The predicted octanol–water partition coefficient (Wildman–Crippen LogP) is 5.84. The second-order valence-corrected chi connectivity index (χ2v) is 9.93. The summed E-state index contributed by atoms with van der Waals surface area (Å²) in [7, 11) is 1.64. The van der Waals surface area contributed by atoms with Crippen molar-refractivity contribution in [3.05, 3.63) is 111 Å². The topological polar surface area (TPSA) is 91.7 Å². The molecule has 0 bridgehead atoms. The number of nitrogens with one attached hydrogen (secondary N) is 1. The Labute approximate surface area is 233 Å². The number of hydrogen-bond acceptors (Lipinski definition) is 5. The number of benzene rings is 3. The van der Waals surface area contributed by atoms with E-state index in [2.05, 4.69) is 11.1 Å². The minimum absolute atomic E-state index is 0.0409. The molecule has 1 amide bonds. The van der Waals surface area contributed by atoms with Crippen LogP contribution in [-0.4, -0.2) is 59.0 Å². The Hall–Kier alpha value is -3.72. The van der Waals surface area contributed by atoms with Crippen LogP contribution in [0.1, 0.15) is 23.1 Å². The van der Waals surface area contributed by atoms with Gasteiger partial charge >= 0.3 is 0 Å². The van der Waals surface area contributed by atoms with Crippen LogP contribution in [0.25, 0.3) is 10.9 Å². The zero-order valence-corrected chi connectivity index (χ0v) is 22.8. The highest BCUT2D eigenvalue weighted by molar-refractivity contribution is 6.30. The van der Waals surface area contributed by atoms with Crippen molar-refractivity contribution in [2.45, 2.75) is 25.9 Å². The summed E-state index contributed by atoms with van der Waals surface area (Å²) in [6.07, 6.45) is 3.40. The third kappa shape index (κ3) is 7.89.